The fourth-order valence-electron chi connectivity index (χ4n) is 2.43. The van der Waals surface area contributed by atoms with Crippen molar-refractivity contribution < 1.29 is 9.53 Å². The third kappa shape index (κ3) is 6.06. The molecule has 2 rings (SSSR count). The molecule has 0 bridgehead atoms. The summed E-state index contributed by atoms with van der Waals surface area (Å²) in [6, 6.07) is 15.9. The van der Waals surface area contributed by atoms with Crippen LogP contribution < -0.4 is 10.5 Å². The molecule has 0 aliphatic rings. The monoisotopic (exact) mass is 375 g/mol. The third-order valence-corrected chi connectivity index (χ3v) is 4.16. The number of ether oxygens (including phenoxy) is 1. The molecule has 122 valence electrons. The highest BCUT2D eigenvalue weighted by Gasteiger charge is 2.09. The molecule has 0 aliphatic heterocycles. The van der Waals surface area contributed by atoms with Gasteiger partial charge in [-0.05, 0) is 43.0 Å². The first-order chi connectivity index (χ1) is 11.2. The van der Waals surface area contributed by atoms with E-state index in [1.54, 1.807) is 12.1 Å². The topological polar surface area (TPSA) is 52.3 Å². The normalized spacial score (nSPS) is 10.5. The number of benzene rings is 2. The average molecular weight is 376 g/mol. The number of nitrogens with two attached hydrogens (primary N) is 1. The lowest BCUT2D eigenvalue weighted by Crippen LogP contribution is -2.13. The van der Waals surface area contributed by atoms with Crippen LogP contribution in [-0.4, -0.2) is 12.5 Å². The van der Waals surface area contributed by atoms with Gasteiger partial charge >= 0.3 is 0 Å². The lowest BCUT2D eigenvalue weighted by molar-refractivity contribution is 0.0996. The van der Waals surface area contributed by atoms with Crippen LogP contribution in [0.3, 0.4) is 0 Å². The minimum Gasteiger partial charge on any atom is -0.493 e. The SMILES string of the molecule is NC(=O)c1cc(Br)ccc1OCCCCCCc1ccccc1. The van der Waals surface area contributed by atoms with Crippen LogP contribution in [0.15, 0.2) is 53.0 Å². The number of rotatable bonds is 9. The van der Waals surface area contributed by atoms with E-state index in [9.17, 15) is 4.79 Å². The molecular formula is C19H22BrNO2. The molecule has 2 N–H and O–H groups in total. The molecular weight excluding hydrogens is 354 g/mol. The molecule has 3 nitrogen and oxygen atoms in total. The molecule has 1 amide bonds. The number of hydrogen-bond acceptors (Lipinski definition) is 2. The zero-order valence-corrected chi connectivity index (χ0v) is 14.7. The van der Waals surface area contributed by atoms with Gasteiger partial charge in [0.05, 0.1) is 12.2 Å². The van der Waals surface area contributed by atoms with Crippen molar-refractivity contribution in [2.24, 2.45) is 5.73 Å². The second kappa shape index (κ2) is 9.36. The summed E-state index contributed by atoms with van der Waals surface area (Å²) >= 11 is 3.33. The summed E-state index contributed by atoms with van der Waals surface area (Å²) in [4.78, 5) is 11.4. The molecule has 4 heteroatoms. The molecule has 0 radical (unpaired) electrons. The van der Waals surface area contributed by atoms with E-state index in [-0.39, 0.29) is 0 Å². The van der Waals surface area contributed by atoms with Crippen LogP contribution in [-0.2, 0) is 6.42 Å². The van der Waals surface area contributed by atoms with Gasteiger partial charge in [0.1, 0.15) is 5.75 Å². The quantitative estimate of drug-likeness (QED) is 0.644. The summed E-state index contributed by atoms with van der Waals surface area (Å²) in [6.07, 6.45) is 5.59. The van der Waals surface area contributed by atoms with E-state index in [2.05, 4.69) is 40.2 Å². The van der Waals surface area contributed by atoms with E-state index < -0.39 is 5.91 Å². The number of unbranched alkanes of at least 4 members (excludes halogenated alkanes) is 3. The maximum atomic E-state index is 11.4. The Hall–Kier alpha value is -1.81. The highest BCUT2D eigenvalue weighted by molar-refractivity contribution is 9.10. The first kappa shape index (κ1) is 17.5. The van der Waals surface area contributed by atoms with Crippen molar-refractivity contribution in [3.8, 4) is 5.75 Å². The first-order valence-corrected chi connectivity index (χ1v) is 8.72. The van der Waals surface area contributed by atoms with Crippen LogP contribution in [0.1, 0.15) is 41.6 Å². The highest BCUT2D eigenvalue weighted by Crippen LogP contribution is 2.23. The fourth-order valence-corrected chi connectivity index (χ4v) is 2.79. The number of primary amides is 1. The Morgan fingerprint density at radius 3 is 2.48 bits per heavy atom. The number of carbonyl (C=O) groups excluding carboxylic acids is 1. The van der Waals surface area contributed by atoms with Crippen LogP contribution in [0.2, 0.25) is 0 Å². The molecule has 23 heavy (non-hydrogen) atoms. The average Bonchev–Trinajstić information content (AvgIpc) is 2.56. The van der Waals surface area contributed by atoms with Crippen molar-refractivity contribution >= 4 is 21.8 Å². The van der Waals surface area contributed by atoms with E-state index in [0.717, 1.165) is 23.7 Å². The van der Waals surface area contributed by atoms with Gasteiger partial charge in [0.2, 0.25) is 0 Å². The Morgan fingerprint density at radius 2 is 1.74 bits per heavy atom. The Morgan fingerprint density at radius 1 is 1.00 bits per heavy atom. The van der Waals surface area contributed by atoms with Crippen molar-refractivity contribution in [1.82, 2.24) is 0 Å². The molecule has 0 fully saturated rings. The number of halogens is 1. The Kier molecular flexibility index (Phi) is 7.14. The molecule has 0 atom stereocenters. The maximum Gasteiger partial charge on any atom is 0.252 e. The second-order valence-electron chi connectivity index (χ2n) is 5.50. The van der Waals surface area contributed by atoms with Gasteiger partial charge in [0.15, 0.2) is 0 Å². The van der Waals surface area contributed by atoms with Gasteiger partial charge in [0, 0.05) is 4.47 Å². The Balaban J connectivity index is 1.65. The molecule has 2 aromatic carbocycles. The lowest BCUT2D eigenvalue weighted by atomic mass is 10.1. The molecule has 0 aromatic heterocycles. The highest BCUT2D eigenvalue weighted by atomic mass is 79.9. The van der Waals surface area contributed by atoms with Crippen LogP contribution in [0.25, 0.3) is 0 Å². The first-order valence-electron chi connectivity index (χ1n) is 7.93. The minimum absolute atomic E-state index is 0.420. The van der Waals surface area contributed by atoms with Crippen molar-refractivity contribution in [2.45, 2.75) is 32.1 Å². The zero-order valence-electron chi connectivity index (χ0n) is 13.1. The van der Waals surface area contributed by atoms with Gasteiger partial charge in [-0.25, -0.2) is 0 Å². The summed E-state index contributed by atoms with van der Waals surface area (Å²) in [7, 11) is 0. The van der Waals surface area contributed by atoms with Gasteiger partial charge in [0.25, 0.3) is 5.91 Å². The van der Waals surface area contributed by atoms with E-state index >= 15 is 0 Å². The molecule has 0 spiro atoms. The number of amides is 1. The lowest BCUT2D eigenvalue weighted by Gasteiger charge is -2.10. The molecule has 2 aromatic rings. The Bertz CT molecular complexity index is 629. The van der Waals surface area contributed by atoms with Gasteiger partial charge in [-0.15, -0.1) is 0 Å². The third-order valence-electron chi connectivity index (χ3n) is 3.67. The largest absolute Gasteiger partial charge is 0.493 e. The number of carbonyl (C=O) groups is 1. The van der Waals surface area contributed by atoms with Crippen LogP contribution in [0, 0.1) is 0 Å². The van der Waals surface area contributed by atoms with Crippen LogP contribution in [0.4, 0.5) is 0 Å². The number of aryl methyl sites for hydroxylation is 1. The molecule has 0 heterocycles. The predicted octanol–water partition coefficient (Wildman–Crippen LogP) is 4.73. The van der Waals surface area contributed by atoms with Crippen molar-refractivity contribution in [1.29, 1.82) is 0 Å². The van der Waals surface area contributed by atoms with Gasteiger partial charge in [-0.3, -0.25) is 4.79 Å². The summed E-state index contributed by atoms with van der Waals surface area (Å²) < 4.78 is 6.52. The van der Waals surface area contributed by atoms with Crippen molar-refractivity contribution in [2.75, 3.05) is 6.61 Å². The maximum absolute atomic E-state index is 11.4. The second-order valence-corrected chi connectivity index (χ2v) is 6.42. The number of hydrogen-bond donors (Lipinski definition) is 1. The fraction of sp³-hybridized carbons (Fsp3) is 0.316. The van der Waals surface area contributed by atoms with E-state index in [1.807, 2.05) is 12.1 Å². The zero-order chi connectivity index (χ0) is 16.5. The Labute approximate surface area is 146 Å². The van der Waals surface area contributed by atoms with Gasteiger partial charge < -0.3 is 10.5 Å². The molecule has 0 saturated heterocycles. The molecule has 0 unspecified atom stereocenters. The summed E-state index contributed by atoms with van der Waals surface area (Å²) in [5.41, 5.74) is 7.18. The minimum atomic E-state index is -0.468. The summed E-state index contributed by atoms with van der Waals surface area (Å²) in [5, 5.41) is 0. The standard InChI is InChI=1S/C19H22BrNO2/c20-16-11-12-18(17(14-16)19(21)22)23-13-7-2-1-4-8-15-9-5-3-6-10-15/h3,5-6,9-12,14H,1-2,4,7-8,13H2,(H2,21,22). The van der Waals surface area contributed by atoms with Crippen molar-refractivity contribution in [3.05, 3.63) is 64.1 Å². The van der Waals surface area contributed by atoms with Crippen LogP contribution >= 0.6 is 15.9 Å². The molecule has 0 saturated carbocycles. The van der Waals surface area contributed by atoms with Gasteiger partial charge in [-0.2, -0.15) is 0 Å². The molecule has 0 aliphatic carbocycles. The smallest absolute Gasteiger partial charge is 0.252 e. The summed E-state index contributed by atoms with van der Waals surface area (Å²) in [6.45, 7) is 0.604. The van der Waals surface area contributed by atoms with Gasteiger partial charge in [-0.1, -0.05) is 59.1 Å². The van der Waals surface area contributed by atoms with E-state index in [4.69, 9.17) is 10.5 Å². The van der Waals surface area contributed by atoms with E-state index in [1.165, 1.54) is 18.4 Å². The van der Waals surface area contributed by atoms with Crippen LogP contribution in [0.5, 0.6) is 5.75 Å². The summed E-state index contributed by atoms with van der Waals surface area (Å²) in [5.74, 6) is 0.0918. The predicted molar refractivity (Wildman–Crippen MR) is 96.8 cm³/mol. The van der Waals surface area contributed by atoms with E-state index in [0.29, 0.717) is 17.9 Å². The van der Waals surface area contributed by atoms with Crippen molar-refractivity contribution in [3.63, 3.8) is 0 Å².